The SMILES string of the molecule is CN(C)[C@@H]1C(O)=C(C(N)=O)C(=O)[C@@]2(O)C(O)=C3C(=O)c4c(O)cc(CNCCc5ccccc5)c(C(F)(F)F)c4C[C@H]3C[C@@H]12. The number of aliphatic hydroxyl groups excluding tert-OH is 2. The van der Waals surface area contributed by atoms with Crippen molar-refractivity contribution in [3.63, 3.8) is 0 Å². The van der Waals surface area contributed by atoms with Gasteiger partial charge in [-0.15, -0.1) is 0 Å². The second-order valence-corrected chi connectivity index (χ2v) is 11.7. The van der Waals surface area contributed by atoms with Gasteiger partial charge in [0, 0.05) is 18.0 Å². The van der Waals surface area contributed by atoms with Gasteiger partial charge < -0.3 is 31.5 Å². The number of carbonyl (C=O) groups is 3. The van der Waals surface area contributed by atoms with E-state index >= 15 is 0 Å². The minimum Gasteiger partial charge on any atom is -0.510 e. The molecule has 0 saturated carbocycles. The number of ketones is 2. The highest BCUT2D eigenvalue weighted by atomic mass is 19.4. The maximum absolute atomic E-state index is 14.6. The zero-order valence-electron chi connectivity index (χ0n) is 23.9. The van der Waals surface area contributed by atoms with Crippen LogP contribution in [0, 0.1) is 11.8 Å². The summed E-state index contributed by atoms with van der Waals surface area (Å²) in [4.78, 5) is 40.6. The lowest BCUT2D eigenvalue weighted by molar-refractivity contribution is -0.148. The summed E-state index contributed by atoms with van der Waals surface area (Å²) < 4.78 is 43.9. The van der Waals surface area contributed by atoms with E-state index in [9.17, 15) is 48.0 Å². The van der Waals surface area contributed by atoms with Gasteiger partial charge in [0.25, 0.3) is 5.91 Å². The zero-order valence-corrected chi connectivity index (χ0v) is 23.9. The van der Waals surface area contributed by atoms with Crippen LogP contribution in [0.2, 0.25) is 0 Å². The van der Waals surface area contributed by atoms with Crippen LogP contribution in [0.15, 0.2) is 59.1 Å². The number of primary amides is 1. The van der Waals surface area contributed by atoms with Gasteiger partial charge in [-0.1, -0.05) is 30.3 Å². The molecule has 5 rings (SSSR count). The Morgan fingerprint density at radius 1 is 1.14 bits per heavy atom. The van der Waals surface area contributed by atoms with E-state index in [4.69, 9.17) is 5.73 Å². The van der Waals surface area contributed by atoms with E-state index < -0.39 is 98.7 Å². The normalized spacial score (nSPS) is 25.2. The molecule has 0 unspecified atom stereocenters. The molecule has 0 bridgehead atoms. The van der Waals surface area contributed by atoms with Crippen molar-refractivity contribution in [2.24, 2.45) is 17.6 Å². The number of benzene rings is 2. The monoisotopic (exact) mass is 615 g/mol. The van der Waals surface area contributed by atoms with Crippen molar-refractivity contribution >= 4 is 17.5 Å². The van der Waals surface area contributed by atoms with Crippen molar-refractivity contribution in [1.29, 1.82) is 0 Å². The Morgan fingerprint density at radius 3 is 2.39 bits per heavy atom. The topological polar surface area (TPSA) is 173 Å². The second kappa shape index (κ2) is 11.1. The molecular weight excluding hydrogens is 583 g/mol. The lowest BCUT2D eigenvalue weighted by Crippen LogP contribution is -2.63. The van der Waals surface area contributed by atoms with Crippen LogP contribution in [0.4, 0.5) is 13.2 Å². The van der Waals surface area contributed by atoms with Gasteiger partial charge in [-0.25, -0.2) is 0 Å². The Morgan fingerprint density at radius 2 is 1.80 bits per heavy atom. The van der Waals surface area contributed by atoms with Crippen LogP contribution < -0.4 is 11.1 Å². The highest BCUT2D eigenvalue weighted by Crippen LogP contribution is 2.53. The first-order chi connectivity index (χ1) is 20.6. The third-order valence-electron chi connectivity index (χ3n) is 8.84. The number of fused-ring (bicyclic) bond motifs is 3. The van der Waals surface area contributed by atoms with E-state index in [1.165, 1.54) is 19.0 Å². The summed E-state index contributed by atoms with van der Waals surface area (Å²) in [7, 11) is 2.92. The summed E-state index contributed by atoms with van der Waals surface area (Å²) in [5, 5.41) is 47.6. The molecule has 13 heteroatoms. The summed E-state index contributed by atoms with van der Waals surface area (Å²) in [5.74, 6) is -9.10. The Bertz CT molecular complexity index is 1620. The van der Waals surface area contributed by atoms with Gasteiger partial charge in [0.05, 0.1) is 17.2 Å². The highest BCUT2D eigenvalue weighted by Gasteiger charge is 2.63. The maximum Gasteiger partial charge on any atom is 0.417 e. The molecular formula is C31H32F3N3O7. The number of hydrogen-bond acceptors (Lipinski definition) is 9. The fraction of sp³-hybridized carbons (Fsp3) is 0.387. The fourth-order valence-electron chi connectivity index (χ4n) is 6.98. The number of phenolic OH excluding ortho intramolecular Hbond substituents is 1. The second-order valence-electron chi connectivity index (χ2n) is 11.7. The van der Waals surface area contributed by atoms with Crippen LogP contribution >= 0.6 is 0 Å². The molecule has 1 amide bonds. The minimum absolute atomic E-state index is 0.260. The first-order valence-corrected chi connectivity index (χ1v) is 13.9. The van der Waals surface area contributed by atoms with Gasteiger partial charge in [-0.05, 0) is 68.6 Å². The van der Waals surface area contributed by atoms with Gasteiger partial charge in [-0.3, -0.25) is 19.3 Å². The molecule has 0 radical (unpaired) electrons. The molecule has 3 aliphatic rings. The number of amides is 1. The number of alkyl halides is 3. The van der Waals surface area contributed by atoms with Crippen molar-refractivity contribution in [2.75, 3.05) is 20.6 Å². The molecule has 4 atom stereocenters. The van der Waals surface area contributed by atoms with Crippen LogP contribution in [0.1, 0.15) is 39.0 Å². The first kappa shape index (κ1) is 31.2. The van der Waals surface area contributed by atoms with Gasteiger partial charge >= 0.3 is 6.18 Å². The number of aliphatic hydroxyl groups is 3. The third kappa shape index (κ3) is 4.84. The number of hydrogen-bond donors (Lipinski definition) is 6. The summed E-state index contributed by atoms with van der Waals surface area (Å²) in [6, 6.07) is 8.91. The molecule has 234 valence electrons. The number of allylic oxidation sites excluding steroid dienone is 1. The van der Waals surface area contributed by atoms with Crippen LogP contribution in [-0.4, -0.2) is 75.1 Å². The van der Waals surface area contributed by atoms with E-state index in [1.54, 1.807) is 0 Å². The minimum atomic E-state index is -4.92. The molecule has 0 aromatic heterocycles. The van der Waals surface area contributed by atoms with E-state index in [0.717, 1.165) is 11.6 Å². The molecule has 0 saturated heterocycles. The van der Waals surface area contributed by atoms with Crippen LogP contribution in [-0.2, 0) is 35.2 Å². The van der Waals surface area contributed by atoms with E-state index in [1.807, 2.05) is 30.3 Å². The number of nitrogens with zero attached hydrogens (tertiary/aromatic N) is 1. The number of aromatic hydroxyl groups is 1. The van der Waals surface area contributed by atoms with Gasteiger partial charge in [-0.2, -0.15) is 13.2 Å². The maximum atomic E-state index is 14.6. The molecule has 44 heavy (non-hydrogen) atoms. The third-order valence-corrected chi connectivity index (χ3v) is 8.84. The number of nitrogens with one attached hydrogen (secondary N) is 1. The van der Waals surface area contributed by atoms with E-state index in [0.29, 0.717) is 13.0 Å². The Hall–Kier alpha value is -4.20. The average Bonchev–Trinajstić information content (AvgIpc) is 2.92. The Kier molecular flexibility index (Phi) is 7.85. The van der Waals surface area contributed by atoms with Crippen molar-refractivity contribution in [2.45, 2.75) is 43.6 Å². The zero-order chi connectivity index (χ0) is 32.3. The number of phenols is 1. The number of likely N-dealkylation sites (N-methyl/N-ethyl adjacent to an activating group) is 1. The van der Waals surface area contributed by atoms with E-state index in [-0.39, 0.29) is 18.5 Å². The predicted molar refractivity (Wildman–Crippen MR) is 151 cm³/mol. The summed E-state index contributed by atoms with van der Waals surface area (Å²) in [6.07, 6.45) is -5.16. The van der Waals surface area contributed by atoms with Gasteiger partial charge in [0.1, 0.15) is 22.8 Å². The van der Waals surface area contributed by atoms with Gasteiger partial charge in [0.2, 0.25) is 5.78 Å². The molecule has 7 N–H and O–H groups in total. The average molecular weight is 616 g/mol. The number of carbonyl (C=O) groups excluding carboxylic acids is 3. The van der Waals surface area contributed by atoms with Crippen molar-refractivity contribution < 1.29 is 48.0 Å². The van der Waals surface area contributed by atoms with Gasteiger partial charge in [0.15, 0.2) is 11.4 Å². The molecule has 0 aliphatic heterocycles. The Balaban J connectivity index is 1.58. The standard InChI is InChI=1S/C31H32F3N3O7/c1-37(2)24-18-11-15-10-17-21(25(39)20(15)27(41)30(18,44)28(42)22(26(24)40)29(35)43)19(38)12-16(23(17)31(32,33)34)13-36-9-8-14-6-4-3-5-7-14/h3-7,12,15,18,24,36,38,40-41,44H,8-11,13H2,1-2H3,(H2,35,43)/t15-,18-,24-,30-/m0/s1. The number of nitrogens with two attached hydrogens (primary N) is 1. The van der Waals surface area contributed by atoms with Crippen LogP contribution in [0.3, 0.4) is 0 Å². The fourth-order valence-corrected chi connectivity index (χ4v) is 6.98. The van der Waals surface area contributed by atoms with Crippen LogP contribution in [0.5, 0.6) is 5.75 Å². The van der Waals surface area contributed by atoms with Crippen LogP contribution in [0.25, 0.3) is 0 Å². The summed E-state index contributed by atoms with van der Waals surface area (Å²) in [5.41, 5.74) is -0.601. The predicted octanol–water partition coefficient (Wildman–Crippen LogP) is 2.47. The smallest absolute Gasteiger partial charge is 0.417 e. The quantitative estimate of drug-likeness (QED) is 0.202. The Labute approximate surface area is 250 Å². The lowest BCUT2D eigenvalue weighted by atomic mass is 9.58. The lowest BCUT2D eigenvalue weighted by Gasteiger charge is -2.50. The largest absolute Gasteiger partial charge is 0.510 e. The number of Topliss-reactive ketones (excluding diaryl/α,β-unsaturated/α-hetero) is 2. The van der Waals surface area contributed by atoms with Crippen molar-refractivity contribution in [1.82, 2.24) is 10.2 Å². The van der Waals surface area contributed by atoms with Crippen molar-refractivity contribution in [3.05, 3.63) is 86.9 Å². The molecule has 0 spiro atoms. The molecule has 0 fully saturated rings. The summed E-state index contributed by atoms with van der Waals surface area (Å²) >= 11 is 0. The molecule has 10 nitrogen and oxygen atoms in total. The van der Waals surface area contributed by atoms with Crippen molar-refractivity contribution in [3.8, 4) is 5.75 Å². The first-order valence-electron chi connectivity index (χ1n) is 13.9. The number of rotatable bonds is 7. The van der Waals surface area contributed by atoms with E-state index in [2.05, 4.69) is 5.32 Å². The molecule has 2 aromatic rings. The highest BCUT2D eigenvalue weighted by molar-refractivity contribution is 6.24. The molecule has 2 aromatic carbocycles. The molecule has 3 aliphatic carbocycles. The molecule has 0 heterocycles. The summed E-state index contributed by atoms with van der Waals surface area (Å²) in [6.45, 7) is 0.0788. The number of halogens is 3.